The first-order valence-electron chi connectivity index (χ1n) is 15.4. The van der Waals surface area contributed by atoms with E-state index in [2.05, 4.69) is 52.2 Å². The van der Waals surface area contributed by atoms with Gasteiger partial charge in [-0.2, -0.15) is 0 Å². The highest BCUT2D eigenvalue weighted by Crippen LogP contribution is 2.55. The maximum absolute atomic E-state index is 14.1. The minimum atomic E-state index is -0.440. The van der Waals surface area contributed by atoms with Gasteiger partial charge in [-0.25, -0.2) is 0 Å². The van der Waals surface area contributed by atoms with Gasteiger partial charge < -0.3 is 14.4 Å². The molecule has 0 spiro atoms. The first-order chi connectivity index (χ1) is 20.4. The number of hydrogen-bond acceptors (Lipinski definition) is 5. The molecule has 0 radical (unpaired) electrons. The highest BCUT2D eigenvalue weighted by Gasteiger charge is 2.49. The maximum Gasteiger partial charge on any atom is 0.165 e. The molecule has 0 fully saturated rings. The molecule has 0 aromatic heterocycles. The van der Waals surface area contributed by atoms with Gasteiger partial charge in [-0.15, -0.1) is 6.58 Å². The van der Waals surface area contributed by atoms with Crippen LogP contribution in [0.4, 0.5) is 0 Å². The SMILES string of the molecule is C=CCc1cc(C2C3=C(CC(C)(C)CC3=O)N(CCC)C3=C2C(=O)CC(C)(C)C3)cc(OC)c1OCc1cccc(Cl)c1. The summed E-state index contributed by atoms with van der Waals surface area (Å²) < 4.78 is 12.3. The molecule has 0 N–H and O–H groups in total. The predicted molar refractivity (Wildman–Crippen MR) is 173 cm³/mol. The molecule has 5 rings (SSSR count). The van der Waals surface area contributed by atoms with Gasteiger partial charge in [0.05, 0.1) is 7.11 Å². The van der Waals surface area contributed by atoms with Crippen LogP contribution in [0.5, 0.6) is 11.5 Å². The van der Waals surface area contributed by atoms with Gasteiger partial charge in [0.15, 0.2) is 23.1 Å². The molecule has 2 aromatic rings. The Balaban J connectivity index is 1.70. The Morgan fingerprint density at radius 1 is 0.977 bits per heavy atom. The molecule has 3 aliphatic rings. The summed E-state index contributed by atoms with van der Waals surface area (Å²) in [5, 5.41) is 0.651. The van der Waals surface area contributed by atoms with Crippen LogP contribution < -0.4 is 9.47 Å². The van der Waals surface area contributed by atoms with Gasteiger partial charge in [-0.3, -0.25) is 9.59 Å². The molecule has 2 aromatic carbocycles. The quantitative estimate of drug-likeness (QED) is 0.269. The van der Waals surface area contributed by atoms with Crippen molar-refractivity contribution < 1.29 is 19.1 Å². The summed E-state index contributed by atoms with van der Waals surface area (Å²) in [6, 6.07) is 11.6. The van der Waals surface area contributed by atoms with Crippen LogP contribution in [0.1, 0.15) is 89.3 Å². The zero-order valence-electron chi connectivity index (χ0n) is 26.4. The number of nitrogens with zero attached hydrogens (tertiary/aromatic N) is 1. The van der Waals surface area contributed by atoms with Gasteiger partial charge in [0.1, 0.15) is 6.61 Å². The van der Waals surface area contributed by atoms with E-state index >= 15 is 0 Å². The number of carbonyl (C=O) groups is 2. The molecule has 6 heteroatoms. The molecular weight excluding hydrogens is 558 g/mol. The van der Waals surface area contributed by atoms with Gasteiger partial charge in [-0.05, 0) is 65.8 Å². The summed E-state index contributed by atoms with van der Waals surface area (Å²) in [5.74, 6) is 1.03. The van der Waals surface area contributed by atoms with Crippen molar-refractivity contribution in [2.75, 3.05) is 13.7 Å². The molecule has 5 nitrogen and oxygen atoms in total. The lowest BCUT2D eigenvalue weighted by Crippen LogP contribution is -2.44. The Bertz CT molecular complexity index is 1480. The average Bonchev–Trinajstić information content (AvgIpc) is 2.91. The number of ether oxygens (including phenoxy) is 2. The fourth-order valence-corrected chi connectivity index (χ4v) is 7.34. The third kappa shape index (κ3) is 6.20. The van der Waals surface area contributed by atoms with E-state index in [1.807, 2.05) is 36.4 Å². The van der Waals surface area contributed by atoms with Crippen molar-refractivity contribution in [3.8, 4) is 11.5 Å². The van der Waals surface area contributed by atoms with E-state index in [-0.39, 0.29) is 22.4 Å². The summed E-state index contributed by atoms with van der Waals surface area (Å²) in [5.41, 5.74) is 6.16. The lowest BCUT2D eigenvalue weighted by molar-refractivity contribution is -0.119. The van der Waals surface area contributed by atoms with Crippen LogP contribution in [0.25, 0.3) is 0 Å². The lowest BCUT2D eigenvalue weighted by atomic mass is 9.63. The van der Waals surface area contributed by atoms with Gasteiger partial charge in [0.25, 0.3) is 0 Å². The normalized spacial score (nSPS) is 19.7. The number of halogens is 1. The molecule has 43 heavy (non-hydrogen) atoms. The van der Waals surface area contributed by atoms with Crippen molar-refractivity contribution in [1.82, 2.24) is 4.90 Å². The molecule has 1 heterocycles. The van der Waals surface area contributed by atoms with E-state index in [0.29, 0.717) is 42.4 Å². The number of benzene rings is 2. The van der Waals surface area contributed by atoms with Gasteiger partial charge >= 0.3 is 0 Å². The third-order valence-electron chi connectivity index (χ3n) is 8.81. The second-order valence-electron chi connectivity index (χ2n) is 13.8. The summed E-state index contributed by atoms with van der Waals surface area (Å²) in [6.45, 7) is 16.0. The van der Waals surface area contributed by atoms with Gasteiger partial charge in [0, 0.05) is 58.4 Å². The highest BCUT2D eigenvalue weighted by atomic mass is 35.5. The Hall–Kier alpha value is -3.31. The van der Waals surface area contributed by atoms with E-state index in [1.165, 1.54) is 0 Å². The monoisotopic (exact) mass is 601 g/mol. The molecule has 0 atom stereocenters. The van der Waals surface area contributed by atoms with Crippen LogP contribution in [0.3, 0.4) is 0 Å². The minimum absolute atomic E-state index is 0.132. The van der Waals surface area contributed by atoms with E-state index in [1.54, 1.807) is 7.11 Å². The van der Waals surface area contributed by atoms with Crippen LogP contribution in [-0.4, -0.2) is 30.1 Å². The van der Waals surface area contributed by atoms with E-state index in [0.717, 1.165) is 65.0 Å². The Kier molecular flexibility index (Phi) is 8.68. The van der Waals surface area contributed by atoms with E-state index in [4.69, 9.17) is 21.1 Å². The number of ketones is 2. The minimum Gasteiger partial charge on any atom is -0.493 e. The van der Waals surface area contributed by atoms with Gasteiger partial charge in [0.2, 0.25) is 0 Å². The van der Waals surface area contributed by atoms with E-state index < -0.39 is 5.92 Å². The molecule has 2 aliphatic carbocycles. The molecule has 0 bridgehead atoms. The van der Waals surface area contributed by atoms with Crippen LogP contribution >= 0.6 is 11.6 Å². The first kappa shape index (κ1) is 31.1. The fraction of sp³-hybridized carbons (Fsp3) is 0.459. The largest absolute Gasteiger partial charge is 0.493 e. The predicted octanol–water partition coefficient (Wildman–Crippen LogP) is 8.75. The number of rotatable bonds is 9. The van der Waals surface area contributed by atoms with Crippen molar-refractivity contribution in [3.05, 3.63) is 93.3 Å². The summed E-state index contributed by atoms with van der Waals surface area (Å²) in [7, 11) is 1.63. The van der Waals surface area contributed by atoms with Crippen LogP contribution in [0, 0.1) is 10.8 Å². The Labute approximate surface area is 261 Å². The first-order valence-corrected chi connectivity index (χ1v) is 15.7. The molecule has 1 aliphatic heterocycles. The highest BCUT2D eigenvalue weighted by molar-refractivity contribution is 6.30. The van der Waals surface area contributed by atoms with Crippen molar-refractivity contribution in [3.63, 3.8) is 0 Å². The van der Waals surface area contributed by atoms with Crippen molar-refractivity contribution >= 4 is 23.2 Å². The second kappa shape index (κ2) is 12.0. The fourth-order valence-electron chi connectivity index (χ4n) is 7.13. The number of Topliss-reactive ketones (excluding diaryl/α,β-unsaturated/α-hetero) is 2. The Morgan fingerprint density at radius 3 is 2.14 bits per heavy atom. The molecular formula is C37H44ClNO4. The average molecular weight is 602 g/mol. The number of allylic oxidation sites excluding steroid dienone is 5. The van der Waals surface area contributed by atoms with Crippen LogP contribution in [0.15, 0.2) is 71.6 Å². The molecule has 0 amide bonds. The number of carbonyl (C=O) groups excluding carboxylic acids is 2. The third-order valence-corrected chi connectivity index (χ3v) is 9.05. The lowest BCUT2D eigenvalue weighted by Gasteiger charge is -2.49. The standard InChI is InChI=1S/C37H44ClNO4/c1-8-11-24-16-25(17-31(42-7)35(24)43-22-23-12-10-13-26(38)15-23)32-33-27(18-36(3,4)20-29(33)40)39(14-9-2)28-19-37(5,6)21-30(41)34(28)32/h8,10,12-13,15-17,32H,1,9,11,14,18-22H2,2-7H3. The number of methoxy groups -OCH3 is 1. The Morgan fingerprint density at radius 2 is 1.60 bits per heavy atom. The summed E-state index contributed by atoms with van der Waals surface area (Å²) in [6.07, 6.45) is 5.83. The van der Waals surface area contributed by atoms with Crippen molar-refractivity contribution in [2.24, 2.45) is 10.8 Å². The van der Waals surface area contributed by atoms with Crippen molar-refractivity contribution in [1.29, 1.82) is 0 Å². The van der Waals surface area contributed by atoms with Crippen LogP contribution in [0.2, 0.25) is 5.02 Å². The van der Waals surface area contributed by atoms with E-state index in [9.17, 15) is 9.59 Å². The second-order valence-corrected chi connectivity index (χ2v) is 14.2. The van der Waals surface area contributed by atoms with Gasteiger partial charge in [-0.1, -0.05) is 70.5 Å². The number of hydrogen-bond donors (Lipinski definition) is 0. The summed E-state index contributed by atoms with van der Waals surface area (Å²) >= 11 is 6.21. The maximum atomic E-state index is 14.1. The zero-order chi connectivity index (χ0) is 31.1. The topological polar surface area (TPSA) is 55.8 Å². The van der Waals surface area contributed by atoms with Crippen LogP contribution in [-0.2, 0) is 22.6 Å². The molecule has 0 saturated heterocycles. The smallest absolute Gasteiger partial charge is 0.165 e. The molecule has 0 saturated carbocycles. The zero-order valence-corrected chi connectivity index (χ0v) is 27.2. The molecule has 0 unspecified atom stereocenters. The van der Waals surface area contributed by atoms with Crippen molar-refractivity contribution in [2.45, 2.75) is 85.7 Å². The molecule has 228 valence electrons. The summed E-state index contributed by atoms with van der Waals surface area (Å²) in [4.78, 5) is 30.5.